The number of Topliss-reactive ketones (excluding diaryl/α,β-unsaturated/α-hetero) is 1. The van der Waals surface area contributed by atoms with Crippen molar-refractivity contribution in [2.24, 2.45) is 0 Å². The zero-order valence-corrected chi connectivity index (χ0v) is 5.13. The van der Waals surface area contributed by atoms with Gasteiger partial charge in [-0.25, -0.2) is 0 Å². The maximum absolute atomic E-state index is 10.7. The van der Waals surface area contributed by atoms with Gasteiger partial charge in [-0.15, -0.1) is 0 Å². The fraction of sp³-hybridized carbons (Fsp3) is 0.333. The third-order valence-corrected chi connectivity index (χ3v) is 1.19. The minimum Gasteiger partial charge on any atom is -0.316 e. The molecule has 0 unspecified atom stereocenters. The van der Waals surface area contributed by atoms with Gasteiger partial charge in [0.05, 0.1) is 0 Å². The van der Waals surface area contributed by atoms with Crippen LogP contribution in [0.5, 0.6) is 0 Å². The number of carbonyl (C=O) groups excluding carboxylic acids is 2. The number of allylic oxidation sites excluding steroid dienone is 1. The molecule has 0 saturated carbocycles. The average Bonchev–Trinajstić information content (AvgIpc) is 1.83. The molecule has 1 aliphatic rings. The van der Waals surface area contributed by atoms with Crippen molar-refractivity contribution in [1.29, 1.82) is 0 Å². The van der Waals surface area contributed by atoms with E-state index in [1.54, 1.807) is 19.3 Å². The number of hydrogen-bond donors (Lipinski definition) is 0. The van der Waals surface area contributed by atoms with Gasteiger partial charge in [0.25, 0.3) is 5.91 Å². The van der Waals surface area contributed by atoms with E-state index in [9.17, 15) is 9.59 Å². The molecule has 0 saturated heterocycles. The Morgan fingerprint density at radius 3 is 2.67 bits per heavy atom. The van der Waals surface area contributed by atoms with E-state index in [1.165, 1.54) is 4.90 Å². The van der Waals surface area contributed by atoms with Crippen molar-refractivity contribution in [2.75, 3.05) is 7.05 Å². The van der Waals surface area contributed by atoms with E-state index in [4.69, 9.17) is 0 Å². The van der Waals surface area contributed by atoms with Crippen LogP contribution in [0.1, 0.15) is 6.42 Å². The lowest BCUT2D eigenvalue weighted by Crippen LogP contribution is -2.31. The molecule has 1 rings (SSSR count). The number of hydrogen-bond acceptors (Lipinski definition) is 2. The van der Waals surface area contributed by atoms with Crippen molar-refractivity contribution in [3.63, 3.8) is 0 Å². The highest BCUT2D eigenvalue weighted by Crippen LogP contribution is 2.00. The zero-order chi connectivity index (χ0) is 6.85. The average molecular weight is 125 g/mol. The van der Waals surface area contributed by atoms with E-state index < -0.39 is 5.91 Å². The van der Waals surface area contributed by atoms with Crippen molar-refractivity contribution in [2.45, 2.75) is 6.42 Å². The summed E-state index contributed by atoms with van der Waals surface area (Å²) in [6.45, 7) is 0. The summed E-state index contributed by atoms with van der Waals surface area (Å²) >= 11 is 0. The van der Waals surface area contributed by atoms with Crippen LogP contribution in [0.2, 0.25) is 0 Å². The molecule has 3 heteroatoms. The summed E-state index contributed by atoms with van der Waals surface area (Å²) in [6, 6.07) is 0. The quantitative estimate of drug-likeness (QED) is 0.425. The van der Waals surface area contributed by atoms with Gasteiger partial charge in [0.1, 0.15) is 0 Å². The topological polar surface area (TPSA) is 37.4 Å². The molecule has 1 aliphatic heterocycles. The molecule has 0 aliphatic carbocycles. The van der Waals surface area contributed by atoms with Gasteiger partial charge < -0.3 is 4.90 Å². The summed E-state index contributed by atoms with van der Waals surface area (Å²) < 4.78 is 0. The lowest BCUT2D eigenvalue weighted by Gasteiger charge is -2.13. The lowest BCUT2D eigenvalue weighted by molar-refractivity contribution is -0.142. The summed E-state index contributed by atoms with van der Waals surface area (Å²) in [5.41, 5.74) is 0. The standard InChI is InChI=1S/C6H7NO2/c1-7-4-2-3-5(8)6(7)9/h2,4H,3H2,1H3. The highest BCUT2D eigenvalue weighted by atomic mass is 16.2. The third-order valence-electron chi connectivity index (χ3n) is 1.19. The van der Waals surface area contributed by atoms with Crippen LogP contribution in [-0.4, -0.2) is 23.6 Å². The second-order valence-corrected chi connectivity index (χ2v) is 1.93. The predicted molar refractivity (Wildman–Crippen MR) is 31.5 cm³/mol. The van der Waals surface area contributed by atoms with Crippen molar-refractivity contribution < 1.29 is 9.59 Å². The first kappa shape index (κ1) is 6.01. The van der Waals surface area contributed by atoms with E-state index >= 15 is 0 Å². The van der Waals surface area contributed by atoms with Gasteiger partial charge in [-0.1, -0.05) is 6.08 Å². The first-order valence-electron chi connectivity index (χ1n) is 2.68. The Morgan fingerprint density at radius 1 is 1.56 bits per heavy atom. The highest BCUT2D eigenvalue weighted by Gasteiger charge is 2.18. The minimum atomic E-state index is -0.419. The molecule has 0 bridgehead atoms. The zero-order valence-electron chi connectivity index (χ0n) is 5.13. The summed E-state index contributed by atoms with van der Waals surface area (Å²) in [5.74, 6) is -0.752. The van der Waals surface area contributed by atoms with Crippen molar-refractivity contribution in [1.82, 2.24) is 4.90 Å². The SMILES string of the molecule is CN1C=CCC(=O)C1=O. The van der Waals surface area contributed by atoms with Crippen LogP contribution in [0.25, 0.3) is 0 Å². The van der Waals surface area contributed by atoms with Gasteiger partial charge in [0.15, 0.2) is 0 Å². The van der Waals surface area contributed by atoms with Gasteiger partial charge in [0.2, 0.25) is 5.78 Å². The molecule has 0 aromatic rings. The summed E-state index contributed by atoms with van der Waals surface area (Å²) in [5, 5.41) is 0. The van der Waals surface area contributed by atoms with E-state index in [1.807, 2.05) is 0 Å². The molecule has 1 amide bonds. The van der Waals surface area contributed by atoms with Crippen molar-refractivity contribution in [3.05, 3.63) is 12.3 Å². The van der Waals surface area contributed by atoms with Gasteiger partial charge in [0, 0.05) is 19.7 Å². The first-order chi connectivity index (χ1) is 4.22. The smallest absolute Gasteiger partial charge is 0.293 e. The number of ketones is 1. The Bertz CT molecular complexity index is 183. The first-order valence-corrected chi connectivity index (χ1v) is 2.68. The van der Waals surface area contributed by atoms with Crippen molar-refractivity contribution in [3.8, 4) is 0 Å². The Balaban J connectivity index is 2.81. The molecule has 9 heavy (non-hydrogen) atoms. The number of amides is 1. The maximum Gasteiger partial charge on any atom is 0.293 e. The number of likely N-dealkylation sites (N-methyl/N-ethyl adjacent to an activating group) is 1. The number of carbonyl (C=O) groups is 2. The van der Waals surface area contributed by atoms with Crippen LogP contribution in [0.4, 0.5) is 0 Å². The molecular weight excluding hydrogens is 118 g/mol. The molecule has 0 aromatic carbocycles. The molecule has 0 fully saturated rings. The van der Waals surface area contributed by atoms with Crippen LogP contribution in [-0.2, 0) is 9.59 Å². The third kappa shape index (κ3) is 0.988. The molecule has 0 N–H and O–H groups in total. The molecule has 3 nitrogen and oxygen atoms in total. The Kier molecular flexibility index (Phi) is 1.34. The summed E-state index contributed by atoms with van der Waals surface area (Å²) in [4.78, 5) is 22.5. The molecule has 0 atom stereocenters. The van der Waals surface area contributed by atoms with Crippen LogP contribution in [0.3, 0.4) is 0 Å². The van der Waals surface area contributed by atoms with Crippen LogP contribution < -0.4 is 0 Å². The monoisotopic (exact) mass is 125 g/mol. The molecule has 0 aromatic heterocycles. The summed E-state index contributed by atoms with van der Waals surface area (Å²) in [7, 11) is 1.57. The maximum atomic E-state index is 10.7. The van der Waals surface area contributed by atoms with E-state index in [0.29, 0.717) is 0 Å². The molecule has 1 heterocycles. The van der Waals surface area contributed by atoms with Gasteiger partial charge in [-0.05, 0) is 0 Å². The van der Waals surface area contributed by atoms with Gasteiger partial charge in [-0.3, -0.25) is 9.59 Å². The lowest BCUT2D eigenvalue weighted by atomic mass is 10.2. The second kappa shape index (κ2) is 2.01. The summed E-state index contributed by atoms with van der Waals surface area (Å²) in [6.07, 6.45) is 3.52. The van der Waals surface area contributed by atoms with Crippen molar-refractivity contribution >= 4 is 11.7 Å². The Morgan fingerprint density at radius 2 is 2.22 bits per heavy atom. The van der Waals surface area contributed by atoms with E-state index in [2.05, 4.69) is 0 Å². The van der Waals surface area contributed by atoms with E-state index in [-0.39, 0.29) is 12.2 Å². The highest BCUT2D eigenvalue weighted by molar-refractivity contribution is 6.37. The van der Waals surface area contributed by atoms with Gasteiger partial charge in [-0.2, -0.15) is 0 Å². The fourth-order valence-corrected chi connectivity index (χ4v) is 0.670. The number of nitrogens with zero attached hydrogens (tertiary/aromatic N) is 1. The van der Waals surface area contributed by atoms with E-state index in [0.717, 1.165) is 0 Å². The molecule has 48 valence electrons. The van der Waals surface area contributed by atoms with Crippen LogP contribution in [0, 0.1) is 0 Å². The second-order valence-electron chi connectivity index (χ2n) is 1.93. The Labute approximate surface area is 53.0 Å². The Hall–Kier alpha value is -1.12. The molecule has 0 radical (unpaired) electrons. The predicted octanol–water partition coefficient (Wildman–Crippen LogP) is -0.0687. The number of rotatable bonds is 0. The normalized spacial score (nSPS) is 19.0. The fourth-order valence-electron chi connectivity index (χ4n) is 0.670. The van der Waals surface area contributed by atoms with Crippen LogP contribution in [0.15, 0.2) is 12.3 Å². The van der Waals surface area contributed by atoms with Crippen LogP contribution >= 0.6 is 0 Å². The minimum absolute atomic E-state index is 0.253. The molecular formula is C6H7NO2. The largest absolute Gasteiger partial charge is 0.316 e. The molecule has 0 spiro atoms. The van der Waals surface area contributed by atoms with Gasteiger partial charge >= 0.3 is 0 Å².